The molecule has 0 bridgehead atoms. The van der Waals surface area contributed by atoms with Crippen molar-refractivity contribution in [3.05, 3.63) is 71.6 Å². The van der Waals surface area contributed by atoms with Crippen LogP contribution in [0, 0.1) is 0 Å². The predicted octanol–water partition coefficient (Wildman–Crippen LogP) is 3.12. The van der Waals surface area contributed by atoms with E-state index in [1.54, 1.807) is 48.5 Å². The van der Waals surface area contributed by atoms with Gasteiger partial charge >= 0.3 is 5.97 Å². The van der Waals surface area contributed by atoms with Crippen LogP contribution in [0.3, 0.4) is 0 Å². The van der Waals surface area contributed by atoms with Crippen LogP contribution in [0.5, 0.6) is 5.75 Å². The number of para-hydroxylation sites is 1. The van der Waals surface area contributed by atoms with Crippen LogP contribution in [0.15, 0.2) is 66.1 Å². The fourth-order valence-corrected chi connectivity index (χ4v) is 2.76. The third kappa shape index (κ3) is 4.82. The minimum Gasteiger partial charge on any atom is -0.494 e. The molecular weight excluding hydrogens is 374 g/mol. The van der Waals surface area contributed by atoms with Crippen LogP contribution >= 0.6 is 0 Å². The quantitative estimate of drug-likeness (QED) is 0.417. The molecule has 1 heterocycles. The van der Waals surface area contributed by atoms with E-state index >= 15 is 0 Å². The molecule has 3 rings (SSSR count). The molecule has 0 unspecified atom stereocenters. The van der Waals surface area contributed by atoms with Crippen molar-refractivity contribution >= 4 is 23.2 Å². The van der Waals surface area contributed by atoms with Gasteiger partial charge in [-0.25, -0.2) is 4.79 Å². The van der Waals surface area contributed by atoms with Gasteiger partial charge in [0.25, 0.3) is 0 Å². The fraction of sp³-hybridized carbons (Fsp3) is 0.227. The molecule has 0 amide bonds. The number of rotatable bonds is 8. The highest BCUT2D eigenvalue weighted by atomic mass is 16.6. The molecule has 1 N–H and O–H groups in total. The van der Waals surface area contributed by atoms with Gasteiger partial charge in [0.15, 0.2) is 18.3 Å². The average molecular weight is 395 g/mol. The second-order valence-electron chi connectivity index (χ2n) is 6.28. The van der Waals surface area contributed by atoms with Crippen molar-refractivity contribution in [3.8, 4) is 5.75 Å². The predicted molar refractivity (Wildman–Crippen MR) is 106 cm³/mol. The highest BCUT2D eigenvalue weighted by Gasteiger charge is 2.34. The average Bonchev–Trinajstić information content (AvgIpc) is 3.09. The zero-order valence-corrected chi connectivity index (χ0v) is 16.1. The number of esters is 1. The van der Waals surface area contributed by atoms with Crippen LogP contribution in [0.25, 0.3) is 0 Å². The van der Waals surface area contributed by atoms with Gasteiger partial charge in [-0.15, -0.1) is 0 Å². The Morgan fingerprint density at radius 1 is 1.10 bits per heavy atom. The van der Waals surface area contributed by atoms with E-state index in [-0.39, 0.29) is 23.8 Å². The number of benzene rings is 2. The van der Waals surface area contributed by atoms with E-state index in [1.807, 2.05) is 13.0 Å². The zero-order chi connectivity index (χ0) is 20.8. The minimum atomic E-state index is -1.07. The number of ether oxygens (including phenoxy) is 3. The Kier molecular flexibility index (Phi) is 6.29. The second kappa shape index (κ2) is 9.05. The van der Waals surface area contributed by atoms with Crippen molar-refractivity contribution < 1.29 is 28.6 Å². The van der Waals surface area contributed by atoms with E-state index in [2.05, 4.69) is 5.32 Å². The Labute approximate surface area is 168 Å². The van der Waals surface area contributed by atoms with Gasteiger partial charge in [-0.05, 0) is 50.2 Å². The number of hydrogen-bond donors (Lipinski definition) is 1. The summed E-state index contributed by atoms with van der Waals surface area (Å²) in [5.41, 5.74) is 0.792. The first-order valence-electron chi connectivity index (χ1n) is 9.20. The molecule has 7 heteroatoms. The molecule has 150 valence electrons. The Balaban J connectivity index is 1.70. The standard InChI is InChI=1S/C22H21NO6/c1-3-27-17-11-9-15(10-12-17)20(25)14(2)29-22(26)19-18(24)13-28-21(19)23-16-7-5-4-6-8-16/h4-12,14,23H,3,13H2,1-2H3/t14-/m1/s1. The molecule has 29 heavy (non-hydrogen) atoms. The lowest BCUT2D eigenvalue weighted by atomic mass is 10.1. The SMILES string of the molecule is CCOc1ccc(C(=O)[C@@H](C)OC(=O)C2=C(Nc3ccccc3)OCC2=O)cc1. The molecule has 0 aliphatic carbocycles. The number of nitrogens with one attached hydrogen (secondary N) is 1. The normalized spacial score (nSPS) is 14.2. The third-order valence-electron chi connectivity index (χ3n) is 4.19. The van der Waals surface area contributed by atoms with E-state index in [1.165, 1.54) is 6.92 Å². The molecule has 2 aromatic rings. The van der Waals surface area contributed by atoms with Crippen molar-refractivity contribution in [2.45, 2.75) is 20.0 Å². The lowest BCUT2D eigenvalue weighted by Crippen LogP contribution is -2.27. The first-order valence-corrected chi connectivity index (χ1v) is 9.20. The molecule has 0 aromatic heterocycles. The molecule has 1 aliphatic heterocycles. The van der Waals surface area contributed by atoms with E-state index in [0.29, 0.717) is 23.6 Å². The van der Waals surface area contributed by atoms with Crippen molar-refractivity contribution in [2.75, 3.05) is 18.5 Å². The van der Waals surface area contributed by atoms with Crippen LogP contribution < -0.4 is 10.1 Å². The van der Waals surface area contributed by atoms with Crippen LogP contribution in [0.1, 0.15) is 24.2 Å². The highest BCUT2D eigenvalue weighted by molar-refractivity contribution is 6.20. The molecule has 0 spiro atoms. The Bertz CT molecular complexity index is 934. The zero-order valence-electron chi connectivity index (χ0n) is 16.1. The van der Waals surface area contributed by atoms with E-state index in [9.17, 15) is 14.4 Å². The van der Waals surface area contributed by atoms with Gasteiger partial charge in [0.05, 0.1) is 6.61 Å². The summed E-state index contributed by atoms with van der Waals surface area (Å²) in [6.07, 6.45) is -1.07. The molecule has 7 nitrogen and oxygen atoms in total. The summed E-state index contributed by atoms with van der Waals surface area (Å²) in [5, 5.41) is 2.89. The topological polar surface area (TPSA) is 90.9 Å². The Morgan fingerprint density at radius 2 is 1.79 bits per heavy atom. The maximum Gasteiger partial charge on any atom is 0.348 e. The summed E-state index contributed by atoms with van der Waals surface area (Å²) in [4.78, 5) is 37.2. The number of carbonyl (C=O) groups excluding carboxylic acids is 3. The third-order valence-corrected chi connectivity index (χ3v) is 4.19. The number of anilines is 1. The van der Waals surface area contributed by atoms with Crippen LogP contribution in [-0.2, 0) is 19.1 Å². The molecule has 2 aromatic carbocycles. The summed E-state index contributed by atoms with van der Waals surface area (Å²) in [7, 11) is 0. The monoisotopic (exact) mass is 395 g/mol. The van der Waals surface area contributed by atoms with Gasteiger partial charge in [-0.2, -0.15) is 0 Å². The summed E-state index contributed by atoms with van der Waals surface area (Å²) < 4.78 is 15.9. The molecule has 1 aliphatic rings. The maximum atomic E-state index is 12.6. The summed E-state index contributed by atoms with van der Waals surface area (Å²) in [6, 6.07) is 15.5. The largest absolute Gasteiger partial charge is 0.494 e. The van der Waals surface area contributed by atoms with Crippen molar-refractivity contribution in [3.63, 3.8) is 0 Å². The second-order valence-corrected chi connectivity index (χ2v) is 6.28. The van der Waals surface area contributed by atoms with Crippen LogP contribution in [0.2, 0.25) is 0 Å². The fourth-order valence-electron chi connectivity index (χ4n) is 2.76. The van der Waals surface area contributed by atoms with Gasteiger partial charge in [-0.3, -0.25) is 9.59 Å². The van der Waals surface area contributed by atoms with E-state index in [4.69, 9.17) is 14.2 Å². The van der Waals surface area contributed by atoms with Gasteiger partial charge in [0.2, 0.25) is 17.4 Å². The van der Waals surface area contributed by atoms with E-state index < -0.39 is 17.9 Å². The number of hydrogen-bond acceptors (Lipinski definition) is 7. The first kappa shape index (κ1) is 20.1. The Morgan fingerprint density at radius 3 is 2.45 bits per heavy atom. The van der Waals surface area contributed by atoms with Crippen LogP contribution in [0.4, 0.5) is 5.69 Å². The minimum absolute atomic E-state index is 0.0203. The molecule has 0 radical (unpaired) electrons. The van der Waals surface area contributed by atoms with E-state index in [0.717, 1.165) is 0 Å². The Hall–Kier alpha value is -3.61. The molecule has 1 atom stereocenters. The lowest BCUT2D eigenvalue weighted by Gasteiger charge is -2.13. The smallest absolute Gasteiger partial charge is 0.348 e. The highest BCUT2D eigenvalue weighted by Crippen LogP contribution is 2.22. The molecular formula is C22H21NO6. The van der Waals surface area contributed by atoms with Gasteiger partial charge in [0.1, 0.15) is 5.75 Å². The summed E-state index contributed by atoms with van der Waals surface area (Å²) in [6.45, 7) is 3.58. The lowest BCUT2D eigenvalue weighted by molar-refractivity contribution is -0.142. The maximum absolute atomic E-state index is 12.6. The number of carbonyl (C=O) groups is 3. The number of Topliss-reactive ketones (excluding diaryl/α,β-unsaturated/α-hetero) is 2. The van der Waals surface area contributed by atoms with Crippen molar-refractivity contribution in [1.29, 1.82) is 0 Å². The van der Waals surface area contributed by atoms with Crippen molar-refractivity contribution in [2.24, 2.45) is 0 Å². The summed E-state index contributed by atoms with van der Waals surface area (Å²) in [5.74, 6) is -1.13. The summed E-state index contributed by atoms with van der Waals surface area (Å²) >= 11 is 0. The molecule has 0 saturated carbocycles. The van der Waals surface area contributed by atoms with Crippen LogP contribution in [-0.4, -0.2) is 36.9 Å². The first-order chi connectivity index (χ1) is 14.0. The molecule has 0 fully saturated rings. The van der Waals surface area contributed by atoms with Gasteiger partial charge in [-0.1, -0.05) is 18.2 Å². The van der Waals surface area contributed by atoms with Crippen molar-refractivity contribution in [1.82, 2.24) is 0 Å². The van der Waals surface area contributed by atoms with Gasteiger partial charge < -0.3 is 19.5 Å². The number of ketones is 2. The van der Waals surface area contributed by atoms with Gasteiger partial charge in [0, 0.05) is 11.3 Å². The molecule has 0 saturated heterocycles.